The van der Waals surface area contributed by atoms with Crippen LogP contribution in [-0.2, 0) is 11.2 Å². The molecule has 0 aliphatic rings. The van der Waals surface area contributed by atoms with E-state index < -0.39 is 0 Å². The number of nitrogens with one attached hydrogen (secondary N) is 2. The van der Waals surface area contributed by atoms with Crippen LogP contribution in [0, 0.1) is 5.41 Å². The topological polar surface area (TPSA) is 58.8 Å². The molecule has 0 atom stereocenters. The molecule has 1 aromatic rings. The average Bonchev–Trinajstić information content (AvgIpc) is 3.01. The summed E-state index contributed by atoms with van der Waals surface area (Å²) < 4.78 is 10.5. The Morgan fingerprint density at radius 2 is 2.04 bits per heavy atom. The summed E-state index contributed by atoms with van der Waals surface area (Å²) in [4.78, 5) is 4.71. The van der Waals surface area contributed by atoms with E-state index in [1.807, 2.05) is 12.1 Å². The highest BCUT2D eigenvalue weighted by molar-refractivity contribution is 14.0. The van der Waals surface area contributed by atoms with E-state index in [0.717, 1.165) is 57.2 Å². The molecule has 2 N–H and O–H groups in total. The molecule has 0 fully saturated rings. The fraction of sp³-hybridized carbons (Fsp3) is 0.706. The summed E-state index contributed by atoms with van der Waals surface area (Å²) in [6.45, 7) is 9.86. The van der Waals surface area contributed by atoms with Gasteiger partial charge in [-0.1, -0.05) is 20.8 Å². The van der Waals surface area contributed by atoms with Gasteiger partial charge in [-0.3, -0.25) is 4.99 Å². The van der Waals surface area contributed by atoms with Gasteiger partial charge in [0.15, 0.2) is 5.96 Å². The van der Waals surface area contributed by atoms with E-state index in [1.165, 1.54) is 0 Å². The minimum atomic E-state index is 0. The molecule has 0 saturated carbocycles. The lowest BCUT2D eigenvalue weighted by Crippen LogP contribution is -2.39. The van der Waals surface area contributed by atoms with E-state index in [1.54, 1.807) is 13.4 Å². The predicted molar refractivity (Wildman–Crippen MR) is 107 cm³/mol. The van der Waals surface area contributed by atoms with Gasteiger partial charge in [-0.15, -0.1) is 24.0 Å². The summed E-state index contributed by atoms with van der Waals surface area (Å²) in [7, 11) is 1.74. The lowest BCUT2D eigenvalue weighted by atomic mass is 9.90. The molecule has 0 spiro atoms. The predicted octanol–water partition coefficient (Wildman–Crippen LogP) is 3.45. The van der Waals surface area contributed by atoms with Crippen LogP contribution in [-0.4, -0.2) is 39.3 Å². The first kappa shape index (κ1) is 22.2. The third-order valence-corrected chi connectivity index (χ3v) is 3.43. The Labute approximate surface area is 157 Å². The molecule has 0 aromatic carbocycles. The molecular weight excluding hydrogens is 405 g/mol. The van der Waals surface area contributed by atoms with Crippen molar-refractivity contribution in [3.8, 4) is 0 Å². The molecule has 0 aliphatic carbocycles. The number of furan rings is 1. The molecule has 1 aromatic heterocycles. The second kappa shape index (κ2) is 12.6. The zero-order valence-electron chi connectivity index (χ0n) is 14.9. The maximum atomic E-state index is 5.34. The van der Waals surface area contributed by atoms with Gasteiger partial charge in [0.05, 0.1) is 6.26 Å². The van der Waals surface area contributed by atoms with Crippen molar-refractivity contribution < 1.29 is 9.15 Å². The van der Waals surface area contributed by atoms with Crippen LogP contribution in [0.25, 0.3) is 0 Å². The number of hydrogen-bond acceptors (Lipinski definition) is 3. The van der Waals surface area contributed by atoms with Crippen molar-refractivity contribution in [2.24, 2.45) is 10.4 Å². The van der Waals surface area contributed by atoms with Gasteiger partial charge in [-0.05, 0) is 30.4 Å². The van der Waals surface area contributed by atoms with E-state index in [2.05, 4.69) is 31.4 Å². The van der Waals surface area contributed by atoms with E-state index in [-0.39, 0.29) is 29.4 Å². The zero-order valence-corrected chi connectivity index (χ0v) is 17.2. The minimum absolute atomic E-state index is 0. The number of aliphatic imine (C=N–C) groups is 1. The molecule has 1 rings (SSSR count). The van der Waals surface area contributed by atoms with Crippen LogP contribution in [0.2, 0.25) is 0 Å². The Hall–Kier alpha value is -0.760. The van der Waals surface area contributed by atoms with Crippen molar-refractivity contribution in [3.05, 3.63) is 24.2 Å². The number of rotatable bonds is 10. The summed E-state index contributed by atoms with van der Waals surface area (Å²) in [6.07, 6.45) is 4.64. The zero-order chi connectivity index (χ0) is 16.3. The second-order valence-electron chi connectivity index (χ2n) is 6.25. The number of halogens is 1. The molecule has 0 saturated heterocycles. The highest BCUT2D eigenvalue weighted by atomic mass is 127. The number of nitrogens with zero attached hydrogens (tertiary/aromatic N) is 1. The molecule has 0 aliphatic heterocycles. The lowest BCUT2D eigenvalue weighted by molar-refractivity contribution is 0.155. The molecule has 5 nitrogen and oxygen atoms in total. The number of guanidine groups is 1. The summed E-state index contributed by atoms with van der Waals surface area (Å²) >= 11 is 0. The van der Waals surface area contributed by atoms with E-state index >= 15 is 0 Å². The third kappa shape index (κ3) is 10.6. The standard InChI is InChI=1S/C17H31N3O2.HI/c1-5-10-18-16(19-11-8-15-7-6-12-22-15)20-14-17(2,3)9-13-21-4;/h6-7,12H,5,8-11,13-14H2,1-4H3,(H2,18,19,20);1H. The van der Waals surface area contributed by atoms with Crippen LogP contribution in [0.3, 0.4) is 0 Å². The molecule has 0 bridgehead atoms. The Kier molecular flexibility index (Phi) is 12.2. The molecule has 0 unspecified atom stereocenters. The fourth-order valence-electron chi connectivity index (χ4n) is 1.93. The first-order valence-corrected chi connectivity index (χ1v) is 8.11. The van der Waals surface area contributed by atoms with Crippen molar-refractivity contribution in [1.29, 1.82) is 0 Å². The minimum Gasteiger partial charge on any atom is -0.469 e. The van der Waals surface area contributed by atoms with Gasteiger partial charge in [-0.2, -0.15) is 0 Å². The lowest BCUT2D eigenvalue weighted by Gasteiger charge is -2.22. The molecule has 6 heteroatoms. The maximum absolute atomic E-state index is 5.34. The van der Waals surface area contributed by atoms with Crippen molar-refractivity contribution in [1.82, 2.24) is 10.6 Å². The van der Waals surface area contributed by atoms with Crippen molar-refractivity contribution in [2.45, 2.75) is 40.0 Å². The third-order valence-electron chi connectivity index (χ3n) is 3.43. The van der Waals surface area contributed by atoms with Gasteiger partial charge < -0.3 is 19.8 Å². The van der Waals surface area contributed by atoms with E-state index in [9.17, 15) is 0 Å². The molecule has 0 radical (unpaired) electrons. The maximum Gasteiger partial charge on any atom is 0.191 e. The van der Waals surface area contributed by atoms with Gasteiger partial charge in [-0.25, -0.2) is 0 Å². The summed E-state index contributed by atoms with van der Waals surface area (Å²) in [5, 5.41) is 6.72. The Balaban J connectivity index is 0.00000484. The number of methoxy groups -OCH3 is 1. The van der Waals surface area contributed by atoms with Gasteiger partial charge in [0.25, 0.3) is 0 Å². The van der Waals surface area contributed by atoms with Crippen molar-refractivity contribution >= 4 is 29.9 Å². The van der Waals surface area contributed by atoms with E-state index in [0.29, 0.717) is 0 Å². The molecule has 1 heterocycles. The van der Waals surface area contributed by atoms with Crippen LogP contribution in [0.1, 0.15) is 39.4 Å². The van der Waals surface area contributed by atoms with Crippen molar-refractivity contribution in [2.75, 3.05) is 33.4 Å². The van der Waals surface area contributed by atoms with Crippen LogP contribution < -0.4 is 10.6 Å². The second-order valence-corrected chi connectivity index (χ2v) is 6.25. The Bertz CT molecular complexity index is 419. The number of hydrogen-bond donors (Lipinski definition) is 2. The van der Waals surface area contributed by atoms with Crippen molar-refractivity contribution in [3.63, 3.8) is 0 Å². The highest BCUT2D eigenvalue weighted by Crippen LogP contribution is 2.20. The van der Waals surface area contributed by atoms with Crippen LogP contribution in [0.5, 0.6) is 0 Å². The van der Waals surface area contributed by atoms with Gasteiger partial charge >= 0.3 is 0 Å². The van der Waals surface area contributed by atoms with Crippen LogP contribution >= 0.6 is 24.0 Å². The van der Waals surface area contributed by atoms with Gasteiger partial charge in [0.1, 0.15) is 5.76 Å². The summed E-state index contributed by atoms with van der Waals surface area (Å²) in [5.74, 6) is 1.86. The first-order chi connectivity index (χ1) is 10.6. The van der Waals surface area contributed by atoms with Gasteiger partial charge in [0.2, 0.25) is 0 Å². The smallest absolute Gasteiger partial charge is 0.191 e. The molecule has 134 valence electrons. The SMILES string of the molecule is CCCNC(=NCC(C)(C)CCOC)NCCc1ccco1.I. The normalized spacial score (nSPS) is 11.9. The van der Waals surface area contributed by atoms with E-state index in [4.69, 9.17) is 14.1 Å². The van der Waals surface area contributed by atoms with Crippen LogP contribution in [0.4, 0.5) is 0 Å². The number of ether oxygens (including phenoxy) is 1. The largest absolute Gasteiger partial charge is 0.469 e. The summed E-state index contributed by atoms with van der Waals surface area (Å²) in [5.41, 5.74) is 0.137. The summed E-state index contributed by atoms with van der Waals surface area (Å²) in [6, 6.07) is 3.91. The van der Waals surface area contributed by atoms with Crippen LogP contribution in [0.15, 0.2) is 27.8 Å². The first-order valence-electron chi connectivity index (χ1n) is 8.11. The monoisotopic (exact) mass is 437 g/mol. The fourth-order valence-corrected chi connectivity index (χ4v) is 1.93. The highest BCUT2D eigenvalue weighted by Gasteiger charge is 2.17. The van der Waals surface area contributed by atoms with Gasteiger partial charge in [0, 0.05) is 39.8 Å². The Morgan fingerprint density at radius 1 is 1.30 bits per heavy atom. The molecule has 23 heavy (non-hydrogen) atoms. The average molecular weight is 437 g/mol. The molecule has 0 amide bonds. The quantitative estimate of drug-likeness (QED) is 0.335. The molecular formula is C17H32IN3O2. The Morgan fingerprint density at radius 3 is 2.65 bits per heavy atom.